The first-order valence-corrected chi connectivity index (χ1v) is 24.4. The molecule has 0 spiro atoms. The lowest BCUT2D eigenvalue weighted by Gasteiger charge is -2.38. The fourth-order valence-electron chi connectivity index (χ4n) is 11.2. The summed E-state index contributed by atoms with van der Waals surface area (Å²) in [5.41, 5.74) is 9.20. The lowest BCUT2D eigenvalue weighted by atomic mass is 9.79. The molecule has 0 radical (unpaired) electrons. The van der Waals surface area contributed by atoms with Gasteiger partial charge in [-0.15, -0.1) is 0 Å². The minimum absolute atomic E-state index is 0.0351. The number of ketones is 1. The van der Waals surface area contributed by atoms with E-state index in [1.807, 2.05) is 41.5 Å². The molecule has 6 aliphatic rings. The van der Waals surface area contributed by atoms with Crippen molar-refractivity contribution < 1.29 is 48.3 Å². The molecule has 11 N–H and O–H groups in total. The molecule has 4 aliphatic carbocycles. The molecular weight excluding hydrogens is 877 g/mol. The summed E-state index contributed by atoms with van der Waals surface area (Å²) in [6, 6.07) is -5.94. The number of nitrogens with two attached hydrogens (primary N) is 2. The minimum Gasteiger partial charge on any atom is -0.381 e. The molecule has 2 saturated heterocycles. The number of piperidine rings is 2. The number of nitrogens with zero attached hydrogens (tertiary/aromatic N) is 2. The summed E-state index contributed by atoms with van der Waals surface area (Å²) in [6.07, 6.45) is 5.37. The molecule has 0 bridgehead atoms. The Labute approximate surface area is 401 Å². The van der Waals surface area contributed by atoms with E-state index in [-0.39, 0.29) is 58.1 Å². The van der Waals surface area contributed by atoms with Gasteiger partial charge in [-0.05, 0) is 70.0 Å². The highest BCUT2D eigenvalue weighted by molar-refractivity contribution is 6.37. The zero-order valence-corrected chi connectivity index (χ0v) is 42.2. The summed E-state index contributed by atoms with van der Waals surface area (Å²) in [4.78, 5) is 118. The number of carbonyl (C=O) groups excluding carboxylic acids is 9. The predicted octanol–water partition coefficient (Wildman–Crippen LogP) is 0.877. The van der Waals surface area contributed by atoms with E-state index in [9.17, 15) is 48.3 Å². The highest BCUT2D eigenvalue weighted by Gasteiger charge is 2.71. The zero-order valence-electron chi connectivity index (χ0n) is 42.2. The number of nitrogens with one attached hydrogen (secondary N) is 6. The van der Waals surface area contributed by atoms with Crippen molar-refractivity contribution in [2.45, 2.75) is 163 Å². The van der Waals surface area contributed by atoms with Crippen LogP contribution in [-0.4, -0.2) is 138 Å². The van der Waals surface area contributed by atoms with E-state index in [1.54, 1.807) is 4.90 Å². The molecule has 2 aliphatic heterocycles. The monoisotopic (exact) mass is 957 g/mol. The number of amides is 10. The van der Waals surface area contributed by atoms with Gasteiger partial charge in [-0.2, -0.15) is 0 Å². The van der Waals surface area contributed by atoms with Gasteiger partial charge in [0.05, 0.1) is 12.1 Å². The van der Waals surface area contributed by atoms with Gasteiger partial charge in [0.2, 0.25) is 35.3 Å². The third-order valence-electron chi connectivity index (χ3n) is 16.2. The number of carbonyl (C=O) groups is 9. The van der Waals surface area contributed by atoms with E-state index in [2.05, 4.69) is 59.6 Å². The zero-order chi connectivity index (χ0) is 51.2. The van der Waals surface area contributed by atoms with Gasteiger partial charge in [0.25, 0.3) is 5.91 Å². The maximum atomic E-state index is 13.7. The van der Waals surface area contributed by atoms with E-state index >= 15 is 0 Å². The summed E-state index contributed by atoms with van der Waals surface area (Å²) < 4.78 is 0. The molecule has 10 amide bonds. The van der Waals surface area contributed by atoms with Crippen molar-refractivity contribution in [1.29, 1.82) is 0 Å². The molecule has 4 saturated carbocycles. The van der Waals surface area contributed by atoms with Crippen LogP contribution in [0.15, 0.2) is 0 Å². The van der Waals surface area contributed by atoms with Crippen LogP contribution in [0.5, 0.6) is 0 Å². The van der Waals surface area contributed by atoms with Gasteiger partial charge in [0, 0.05) is 27.2 Å². The van der Waals surface area contributed by atoms with Crippen LogP contribution in [0.1, 0.15) is 121 Å². The highest BCUT2D eigenvalue weighted by Crippen LogP contribution is 2.66. The van der Waals surface area contributed by atoms with E-state index in [1.165, 1.54) is 19.0 Å². The number of aliphatic hydroxyl groups excluding tert-OH is 1. The molecular formula is C48H80N10O10. The Morgan fingerprint density at radius 2 is 1.00 bits per heavy atom. The first kappa shape index (κ1) is 53.9. The summed E-state index contributed by atoms with van der Waals surface area (Å²) >= 11 is 0. The van der Waals surface area contributed by atoms with E-state index in [0.717, 1.165) is 38.5 Å². The fraction of sp³-hybridized carbons (Fsp3) is 0.812. The van der Waals surface area contributed by atoms with Gasteiger partial charge in [0.1, 0.15) is 24.2 Å². The Bertz CT molecular complexity index is 1990. The standard InChI is InChI=1S/C24H41N5O5.C24H39N5O5/c2*1-23(2,3)18(28-22(34)26-6)21(33)29-11-13-15(24(13,4)5)16(29)20(32)27-14(17(30)19(25)31)10-12-8-7-9-12/h12-18,30H,7-11H2,1-6H3,(H2,25,31)(H,27,32)(H2,26,28,34);12-16,18H,7-11H2,1-6H3,(H2,25,31)(H,27,32)(H2,26,28,34)/t13-,14?,15-,16-,17?,18+;13-,14?,15-,16-,18+/m00/s1. The van der Waals surface area contributed by atoms with E-state index in [0.29, 0.717) is 31.8 Å². The number of hydrogen-bond donors (Lipinski definition) is 9. The van der Waals surface area contributed by atoms with E-state index < -0.39 is 88.8 Å². The van der Waals surface area contributed by atoms with Crippen molar-refractivity contribution in [2.24, 2.45) is 68.6 Å². The Hall–Kier alpha value is -5.01. The maximum Gasteiger partial charge on any atom is 0.315 e. The molecule has 20 nitrogen and oxygen atoms in total. The second-order valence-electron chi connectivity index (χ2n) is 23.6. The van der Waals surface area contributed by atoms with Crippen LogP contribution in [-0.2, 0) is 33.6 Å². The van der Waals surface area contributed by atoms with Gasteiger partial charge < -0.3 is 58.3 Å². The lowest BCUT2D eigenvalue weighted by molar-refractivity contribution is -0.145. The average molecular weight is 957 g/mol. The first-order chi connectivity index (χ1) is 31.4. The predicted molar refractivity (Wildman–Crippen MR) is 251 cm³/mol. The second-order valence-corrected chi connectivity index (χ2v) is 23.6. The number of fused-ring (bicyclic) bond motifs is 2. The number of primary amides is 2. The smallest absolute Gasteiger partial charge is 0.315 e. The second kappa shape index (κ2) is 20.1. The quantitative estimate of drug-likeness (QED) is 0.0984. The highest BCUT2D eigenvalue weighted by atomic mass is 16.3. The Kier molecular flexibility index (Phi) is 16.0. The van der Waals surface area contributed by atoms with Crippen LogP contribution in [0.4, 0.5) is 9.59 Å². The number of urea groups is 2. The van der Waals surface area contributed by atoms with Crippen LogP contribution >= 0.6 is 0 Å². The Balaban J connectivity index is 0.000000254. The van der Waals surface area contributed by atoms with Crippen molar-refractivity contribution in [2.75, 3.05) is 27.2 Å². The van der Waals surface area contributed by atoms with Crippen LogP contribution < -0.4 is 43.4 Å². The van der Waals surface area contributed by atoms with Gasteiger partial charge in [-0.25, -0.2) is 9.59 Å². The third kappa shape index (κ3) is 11.4. The molecule has 0 aromatic heterocycles. The van der Waals surface area contributed by atoms with Gasteiger partial charge in [-0.3, -0.25) is 33.6 Å². The summed E-state index contributed by atoms with van der Waals surface area (Å²) in [5.74, 6) is -3.44. The topological polar surface area (TPSA) is 305 Å². The molecule has 0 aromatic rings. The Morgan fingerprint density at radius 1 is 0.618 bits per heavy atom. The van der Waals surface area contributed by atoms with Gasteiger partial charge >= 0.3 is 12.1 Å². The van der Waals surface area contributed by atoms with Crippen LogP contribution in [0.25, 0.3) is 0 Å². The first-order valence-electron chi connectivity index (χ1n) is 24.4. The molecule has 6 rings (SSSR count). The van der Waals surface area contributed by atoms with Crippen molar-refractivity contribution >= 4 is 53.3 Å². The average Bonchev–Trinajstić information content (AvgIpc) is 3.67. The molecule has 11 atom stereocenters. The number of hydrogen-bond acceptors (Lipinski definition) is 10. The molecule has 2 heterocycles. The normalized spacial score (nSPS) is 27.5. The van der Waals surface area contributed by atoms with Crippen LogP contribution in [0.3, 0.4) is 0 Å². The van der Waals surface area contributed by atoms with Crippen LogP contribution in [0.2, 0.25) is 0 Å². The van der Waals surface area contributed by atoms with Crippen molar-refractivity contribution in [3.05, 3.63) is 0 Å². The molecule has 0 aromatic carbocycles. The van der Waals surface area contributed by atoms with Crippen molar-refractivity contribution in [1.82, 2.24) is 41.7 Å². The maximum absolute atomic E-state index is 13.7. The number of aliphatic hydroxyl groups is 1. The van der Waals surface area contributed by atoms with Gasteiger partial charge in [0.15, 0.2) is 6.10 Å². The summed E-state index contributed by atoms with van der Waals surface area (Å²) in [7, 11) is 2.96. The van der Waals surface area contributed by atoms with Gasteiger partial charge in [-0.1, -0.05) is 108 Å². The fourth-order valence-corrected chi connectivity index (χ4v) is 11.2. The number of likely N-dealkylation sites (tertiary alicyclic amines) is 2. The molecule has 68 heavy (non-hydrogen) atoms. The van der Waals surface area contributed by atoms with E-state index in [4.69, 9.17) is 11.5 Å². The Morgan fingerprint density at radius 3 is 1.32 bits per heavy atom. The summed E-state index contributed by atoms with van der Waals surface area (Å²) in [5, 5.41) is 26.4. The SMILES string of the molecule is CNC(=O)N[C@H](C(=O)N1C[C@H]2[C@@H]([C@H]1C(=O)NC(CC1CCC1)C(=O)C(N)=O)C2(C)C)C(C)(C)C.CNC(=O)N[C@H](C(=O)N1C[C@H]2[C@@H]([C@H]1C(=O)NC(CC1CCC1)C(O)C(N)=O)C2(C)C)C(C)(C)C. The minimum atomic E-state index is -1.49. The molecule has 6 fully saturated rings. The third-order valence-corrected chi connectivity index (χ3v) is 16.2. The van der Waals surface area contributed by atoms with Crippen molar-refractivity contribution in [3.63, 3.8) is 0 Å². The molecule has 382 valence electrons. The number of Topliss-reactive ketones (excluding diaryl/α,β-unsaturated/α-hetero) is 1. The van der Waals surface area contributed by atoms with Crippen molar-refractivity contribution in [3.8, 4) is 0 Å². The molecule has 3 unspecified atom stereocenters. The molecule has 20 heteroatoms. The van der Waals surface area contributed by atoms with Crippen LogP contribution in [0, 0.1) is 57.2 Å². The largest absolute Gasteiger partial charge is 0.381 e. The number of rotatable bonds is 16. The lowest BCUT2D eigenvalue weighted by Crippen LogP contribution is -2.61. The summed E-state index contributed by atoms with van der Waals surface area (Å²) in [6.45, 7) is 20.2.